The number of hydrogen-bond donors (Lipinski definition) is 0. The molecular formula is C14H20N. The summed E-state index contributed by atoms with van der Waals surface area (Å²) in [5.41, 5.74) is 1.50. The predicted molar refractivity (Wildman–Crippen MR) is 64.4 cm³/mol. The van der Waals surface area contributed by atoms with Gasteiger partial charge in [-0.25, -0.2) is 0 Å². The highest BCUT2D eigenvalue weighted by molar-refractivity contribution is 5.15. The van der Waals surface area contributed by atoms with Crippen LogP contribution in [0.3, 0.4) is 0 Å². The first-order chi connectivity index (χ1) is 7.38. The van der Waals surface area contributed by atoms with E-state index in [4.69, 9.17) is 0 Å². The second kappa shape index (κ2) is 5.32. The average molecular weight is 202 g/mol. The third kappa shape index (κ3) is 3.07. The summed E-state index contributed by atoms with van der Waals surface area (Å²) in [5, 5.41) is 0. The Morgan fingerprint density at radius 1 is 1.20 bits per heavy atom. The third-order valence-electron chi connectivity index (χ3n) is 3.38. The fraction of sp³-hybridized carbons (Fsp3) is 0.500. The normalized spacial score (nSPS) is 19.3. The zero-order chi connectivity index (χ0) is 10.5. The van der Waals surface area contributed by atoms with Crippen LogP contribution in [-0.2, 0) is 6.42 Å². The molecule has 1 saturated heterocycles. The van der Waals surface area contributed by atoms with Gasteiger partial charge in [-0.2, -0.15) is 0 Å². The van der Waals surface area contributed by atoms with Crippen LogP contribution in [0.1, 0.15) is 25.3 Å². The van der Waals surface area contributed by atoms with E-state index < -0.39 is 0 Å². The first kappa shape index (κ1) is 10.7. The molecule has 0 unspecified atom stereocenters. The van der Waals surface area contributed by atoms with Crippen molar-refractivity contribution in [3.05, 3.63) is 42.4 Å². The molecule has 1 aromatic rings. The Morgan fingerprint density at radius 3 is 2.47 bits per heavy atom. The van der Waals surface area contributed by atoms with Gasteiger partial charge in [0.15, 0.2) is 0 Å². The molecule has 0 spiro atoms. The molecule has 1 aliphatic heterocycles. The zero-order valence-electron chi connectivity index (χ0n) is 9.52. The molecule has 0 bridgehead atoms. The Balaban J connectivity index is 1.82. The Kier molecular flexibility index (Phi) is 3.79. The van der Waals surface area contributed by atoms with Crippen molar-refractivity contribution in [3.63, 3.8) is 0 Å². The van der Waals surface area contributed by atoms with Crippen molar-refractivity contribution in [2.75, 3.05) is 13.1 Å². The molecule has 81 valence electrons. The van der Waals surface area contributed by atoms with E-state index in [1.807, 2.05) is 0 Å². The molecule has 2 rings (SSSR count). The van der Waals surface area contributed by atoms with Gasteiger partial charge in [0.1, 0.15) is 0 Å². The molecule has 1 nitrogen and oxygen atoms in total. The lowest BCUT2D eigenvalue weighted by molar-refractivity contribution is 0.221. The molecule has 15 heavy (non-hydrogen) atoms. The molecule has 0 atom stereocenters. The van der Waals surface area contributed by atoms with Crippen LogP contribution >= 0.6 is 0 Å². The van der Waals surface area contributed by atoms with Gasteiger partial charge in [0.25, 0.3) is 0 Å². The van der Waals surface area contributed by atoms with Crippen LogP contribution in [-0.4, -0.2) is 18.0 Å². The number of likely N-dealkylation sites (tertiary alicyclic amines) is 1. The van der Waals surface area contributed by atoms with Crippen LogP contribution in [0.2, 0.25) is 0 Å². The maximum absolute atomic E-state index is 2.43. The lowest BCUT2D eigenvalue weighted by Crippen LogP contribution is -2.31. The van der Waals surface area contributed by atoms with Gasteiger partial charge >= 0.3 is 0 Å². The van der Waals surface area contributed by atoms with E-state index in [1.54, 1.807) is 0 Å². The first-order valence-electron chi connectivity index (χ1n) is 5.96. The van der Waals surface area contributed by atoms with E-state index in [-0.39, 0.29) is 0 Å². The maximum Gasteiger partial charge on any atom is 0.0220 e. The largest absolute Gasteiger partial charge is 0.299 e. The van der Waals surface area contributed by atoms with Gasteiger partial charge in [0, 0.05) is 6.54 Å². The Hall–Kier alpha value is -0.820. The molecule has 1 aliphatic rings. The highest BCUT2D eigenvalue weighted by Crippen LogP contribution is 2.21. The fourth-order valence-corrected chi connectivity index (χ4v) is 2.36. The number of rotatable bonds is 3. The fourth-order valence-electron chi connectivity index (χ4n) is 2.36. The number of benzene rings is 1. The van der Waals surface area contributed by atoms with Gasteiger partial charge in [0.2, 0.25) is 0 Å². The monoisotopic (exact) mass is 202 g/mol. The SMILES string of the molecule is C[CH]N1CCC(Cc2ccccc2)CC1. The summed E-state index contributed by atoms with van der Waals surface area (Å²) in [6.45, 7) is 6.85. The van der Waals surface area contributed by atoms with Crippen molar-refractivity contribution in [1.29, 1.82) is 0 Å². The summed E-state index contributed by atoms with van der Waals surface area (Å²) in [6.07, 6.45) is 3.96. The van der Waals surface area contributed by atoms with Crippen LogP contribution < -0.4 is 0 Å². The highest BCUT2D eigenvalue weighted by Gasteiger charge is 2.17. The van der Waals surface area contributed by atoms with Crippen LogP contribution in [0.25, 0.3) is 0 Å². The minimum Gasteiger partial charge on any atom is -0.299 e. The van der Waals surface area contributed by atoms with Crippen LogP contribution in [0.4, 0.5) is 0 Å². The average Bonchev–Trinajstić information content (AvgIpc) is 2.31. The Labute approximate surface area is 93.1 Å². The van der Waals surface area contributed by atoms with E-state index in [1.165, 1.54) is 37.9 Å². The highest BCUT2D eigenvalue weighted by atomic mass is 15.1. The topological polar surface area (TPSA) is 3.24 Å². The van der Waals surface area contributed by atoms with E-state index in [2.05, 4.69) is 48.7 Å². The molecule has 0 N–H and O–H groups in total. The van der Waals surface area contributed by atoms with Gasteiger partial charge in [-0.1, -0.05) is 30.3 Å². The lowest BCUT2D eigenvalue weighted by atomic mass is 9.90. The molecule has 1 heteroatoms. The van der Waals surface area contributed by atoms with E-state index >= 15 is 0 Å². The van der Waals surface area contributed by atoms with Crippen molar-refractivity contribution >= 4 is 0 Å². The van der Waals surface area contributed by atoms with Gasteiger partial charge in [-0.15, -0.1) is 0 Å². The second-order valence-corrected chi connectivity index (χ2v) is 4.43. The summed E-state index contributed by atoms with van der Waals surface area (Å²) >= 11 is 0. The molecule has 0 amide bonds. The maximum atomic E-state index is 2.43. The number of piperidine rings is 1. The van der Waals surface area contributed by atoms with Gasteiger partial charge in [-0.05, 0) is 50.8 Å². The van der Waals surface area contributed by atoms with Crippen molar-refractivity contribution in [3.8, 4) is 0 Å². The number of nitrogens with zero attached hydrogens (tertiary/aromatic N) is 1. The van der Waals surface area contributed by atoms with Crippen LogP contribution in [0.15, 0.2) is 30.3 Å². The summed E-state index contributed by atoms with van der Waals surface area (Å²) < 4.78 is 0. The molecule has 0 aliphatic carbocycles. The van der Waals surface area contributed by atoms with Crippen LogP contribution in [0.5, 0.6) is 0 Å². The van der Waals surface area contributed by atoms with Crippen molar-refractivity contribution < 1.29 is 0 Å². The van der Waals surface area contributed by atoms with Gasteiger partial charge in [0.05, 0.1) is 0 Å². The van der Waals surface area contributed by atoms with Gasteiger partial charge in [-0.3, -0.25) is 4.90 Å². The minimum atomic E-state index is 0.892. The zero-order valence-corrected chi connectivity index (χ0v) is 9.52. The molecule has 1 radical (unpaired) electrons. The lowest BCUT2D eigenvalue weighted by Gasteiger charge is -2.30. The summed E-state index contributed by atoms with van der Waals surface area (Å²) in [6, 6.07) is 10.9. The van der Waals surface area contributed by atoms with Crippen molar-refractivity contribution in [2.45, 2.75) is 26.2 Å². The second-order valence-electron chi connectivity index (χ2n) is 4.43. The minimum absolute atomic E-state index is 0.892. The molecule has 1 aromatic carbocycles. The first-order valence-corrected chi connectivity index (χ1v) is 5.96. The van der Waals surface area contributed by atoms with Crippen molar-refractivity contribution in [1.82, 2.24) is 4.90 Å². The van der Waals surface area contributed by atoms with E-state index in [0.29, 0.717) is 0 Å². The Morgan fingerprint density at radius 2 is 1.87 bits per heavy atom. The van der Waals surface area contributed by atoms with Crippen LogP contribution in [0, 0.1) is 12.5 Å². The molecule has 0 aromatic heterocycles. The summed E-state index contributed by atoms with van der Waals surface area (Å²) in [7, 11) is 0. The summed E-state index contributed by atoms with van der Waals surface area (Å²) in [4.78, 5) is 2.43. The van der Waals surface area contributed by atoms with E-state index in [9.17, 15) is 0 Å². The standard InChI is InChI=1S/C14H20N/c1-2-15-10-8-14(9-11-15)12-13-6-4-3-5-7-13/h2-7,14H,8-12H2,1H3. The molecule has 1 heterocycles. The third-order valence-corrected chi connectivity index (χ3v) is 3.38. The summed E-state index contributed by atoms with van der Waals surface area (Å²) in [5.74, 6) is 0.892. The smallest absolute Gasteiger partial charge is 0.0220 e. The quantitative estimate of drug-likeness (QED) is 0.728. The molecular weight excluding hydrogens is 182 g/mol. The number of hydrogen-bond acceptors (Lipinski definition) is 1. The van der Waals surface area contributed by atoms with Gasteiger partial charge < -0.3 is 0 Å². The predicted octanol–water partition coefficient (Wildman–Crippen LogP) is 3.12. The molecule has 0 saturated carbocycles. The van der Waals surface area contributed by atoms with E-state index in [0.717, 1.165) is 5.92 Å². The molecule has 1 fully saturated rings. The van der Waals surface area contributed by atoms with Crippen molar-refractivity contribution in [2.24, 2.45) is 5.92 Å². The Bertz CT molecular complexity index is 273.